The molecule has 0 aromatic rings. The van der Waals surface area contributed by atoms with Crippen molar-refractivity contribution in [2.75, 3.05) is 33.9 Å². The second-order valence-corrected chi connectivity index (χ2v) is 18.6. The van der Waals surface area contributed by atoms with Crippen molar-refractivity contribution in [3.05, 3.63) is 11.8 Å². The molecule has 3 aliphatic heterocycles. The first kappa shape index (κ1) is 54.8. The average molecular weight is 906 g/mol. The van der Waals surface area contributed by atoms with Crippen molar-refractivity contribution in [1.29, 1.82) is 0 Å². The van der Waals surface area contributed by atoms with Crippen molar-refractivity contribution in [1.82, 2.24) is 9.91 Å². The molecule has 3 heterocycles. The molecule has 0 aromatic carbocycles. The molecule has 0 bridgehead atoms. The fraction of sp³-hybridized carbons (Fsp3) is 0.886. The molecule has 0 radical (unpaired) electrons. The Morgan fingerprint density at radius 1 is 0.921 bits per heavy atom. The van der Waals surface area contributed by atoms with Crippen molar-refractivity contribution in [3.63, 3.8) is 0 Å². The minimum absolute atomic E-state index is 0.0217. The Labute approximate surface area is 373 Å². The van der Waals surface area contributed by atoms with Crippen LogP contribution in [0.5, 0.6) is 0 Å². The molecular formula is C44H79N3O16. The molecule has 18 atom stereocenters. The topological polar surface area (TPSA) is 259 Å². The molecule has 0 unspecified atom stereocenters. The summed E-state index contributed by atoms with van der Waals surface area (Å²) < 4.78 is 48.0. The third-order valence-corrected chi connectivity index (χ3v) is 13.1. The van der Waals surface area contributed by atoms with Crippen molar-refractivity contribution < 1.29 is 77.8 Å². The molecule has 0 saturated carbocycles. The monoisotopic (exact) mass is 906 g/mol. The van der Waals surface area contributed by atoms with Gasteiger partial charge in [-0.2, -0.15) is 0 Å². The molecule has 366 valence electrons. The summed E-state index contributed by atoms with van der Waals surface area (Å²) in [7, 11) is 3.09. The van der Waals surface area contributed by atoms with Gasteiger partial charge in [0.1, 0.15) is 30.0 Å². The minimum atomic E-state index is -2.11. The molecule has 3 fully saturated rings. The van der Waals surface area contributed by atoms with Gasteiger partial charge in [-0.1, -0.05) is 20.8 Å². The van der Waals surface area contributed by atoms with Crippen LogP contribution in [0.2, 0.25) is 0 Å². The van der Waals surface area contributed by atoms with Crippen LogP contribution in [-0.2, 0) is 52.3 Å². The summed E-state index contributed by atoms with van der Waals surface area (Å²) in [5.41, 5.74) is -5.51. The van der Waals surface area contributed by atoms with E-state index < -0.39 is 132 Å². The number of ether oxygens (including phenoxy) is 8. The number of aliphatic hydroxyl groups excluding tert-OH is 3. The van der Waals surface area contributed by atoms with E-state index in [1.807, 2.05) is 6.92 Å². The van der Waals surface area contributed by atoms with Gasteiger partial charge in [0.25, 0.3) is 0 Å². The first-order chi connectivity index (χ1) is 29.2. The van der Waals surface area contributed by atoms with Crippen LogP contribution in [0.1, 0.15) is 109 Å². The average Bonchev–Trinajstić information content (AvgIpc) is 3.20. The number of carbonyl (C=O) groups excluding carboxylic acids is 3. The van der Waals surface area contributed by atoms with Gasteiger partial charge in [0.05, 0.1) is 66.8 Å². The molecule has 3 rings (SSSR count). The highest BCUT2D eigenvalue weighted by atomic mass is 16.7. The zero-order chi connectivity index (χ0) is 47.9. The van der Waals surface area contributed by atoms with Gasteiger partial charge in [0.2, 0.25) is 0 Å². The van der Waals surface area contributed by atoms with E-state index >= 15 is 0 Å². The fourth-order valence-electron chi connectivity index (χ4n) is 9.38. The van der Waals surface area contributed by atoms with Crippen LogP contribution in [0, 0.1) is 17.8 Å². The first-order valence-corrected chi connectivity index (χ1v) is 22.4. The van der Waals surface area contributed by atoms with Crippen molar-refractivity contribution >= 4 is 17.9 Å². The summed E-state index contributed by atoms with van der Waals surface area (Å²) in [4.78, 5) is 42.4. The number of likely N-dealkylation sites (N-methyl/N-ethyl adjacent to an activating group) is 1. The van der Waals surface area contributed by atoms with Gasteiger partial charge in [0.15, 0.2) is 18.2 Å². The molecular weight excluding hydrogens is 826 g/mol. The smallest absolute Gasteiger partial charge is 0.347 e. The second-order valence-electron chi connectivity index (χ2n) is 18.6. The number of aliphatic hydroxyl groups is 5. The minimum Gasteiger partial charge on any atom is -0.462 e. The van der Waals surface area contributed by atoms with Gasteiger partial charge < -0.3 is 68.3 Å². The third kappa shape index (κ3) is 13.1. The van der Waals surface area contributed by atoms with Crippen LogP contribution in [0.3, 0.4) is 0 Å². The van der Waals surface area contributed by atoms with Gasteiger partial charge in [-0.3, -0.25) is 10.6 Å². The van der Waals surface area contributed by atoms with Crippen LogP contribution in [0.4, 0.5) is 0 Å². The molecule has 63 heavy (non-hydrogen) atoms. The molecule has 0 aliphatic carbocycles. The number of carbonyl (C=O) groups is 3. The molecule has 0 amide bonds. The van der Waals surface area contributed by atoms with Gasteiger partial charge in [-0.15, -0.1) is 0 Å². The molecule has 7 N–H and O–H groups in total. The van der Waals surface area contributed by atoms with Gasteiger partial charge in [-0.25, -0.2) is 14.6 Å². The highest BCUT2D eigenvalue weighted by Gasteiger charge is 2.53. The number of hydrogen-bond donors (Lipinski definition) is 6. The van der Waals surface area contributed by atoms with E-state index in [2.05, 4.69) is 0 Å². The number of hydrazine groups is 1. The van der Waals surface area contributed by atoms with Gasteiger partial charge in [0, 0.05) is 39.2 Å². The number of nitrogens with zero attached hydrogens (tertiary/aromatic N) is 2. The maximum Gasteiger partial charge on any atom is 0.347 e. The second kappa shape index (κ2) is 22.8. The van der Waals surface area contributed by atoms with Crippen LogP contribution < -0.4 is 5.84 Å². The van der Waals surface area contributed by atoms with Crippen molar-refractivity contribution in [2.24, 2.45) is 23.6 Å². The molecule has 3 aliphatic rings. The van der Waals surface area contributed by atoms with Crippen LogP contribution in [0.25, 0.3) is 0 Å². The quantitative estimate of drug-likeness (QED) is 0.0309. The van der Waals surface area contributed by atoms with E-state index in [1.54, 1.807) is 76.3 Å². The Kier molecular flexibility index (Phi) is 19.8. The Balaban J connectivity index is 2.31. The van der Waals surface area contributed by atoms with E-state index in [0.29, 0.717) is 6.42 Å². The zero-order valence-corrected chi connectivity index (χ0v) is 39.9. The summed E-state index contributed by atoms with van der Waals surface area (Å²) >= 11 is 0. The van der Waals surface area contributed by atoms with Gasteiger partial charge >= 0.3 is 17.9 Å². The van der Waals surface area contributed by atoms with E-state index in [0.717, 1.165) is 0 Å². The van der Waals surface area contributed by atoms with E-state index in [4.69, 9.17) is 43.7 Å². The Morgan fingerprint density at radius 3 is 2.03 bits per heavy atom. The number of rotatable bonds is 12. The summed E-state index contributed by atoms with van der Waals surface area (Å²) in [5.74, 6) is 0.777. The zero-order valence-electron chi connectivity index (χ0n) is 39.9. The van der Waals surface area contributed by atoms with E-state index in [1.165, 1.54) is 30.1 Å². The summed E-state index contributed by atoms with van der Waals surface area (Å²) in [6, 6.07) is -1.65. The van der Waals surface area contributed by atoms with Gasteiger partial charge in [-0.05, 0) is 87.5 Å². The highest BCUT2D eigenvalue weighted by molar-refractivity contribution is 6.13. The summed E-state index contributed by atoms with van der Waals surface area (Å²) in [6.45, 7) is 19.5. The molecule has 0 spiro atoms. The largest absolute Gasteiger partial charge is 0.462 e. The summed E-state index contributed by atoms with van der Waals surface area (Å²) in [6.07, 6.45) is -9.59. The number of hydrogen-bond acceptors (Lipinski definition) is 19. The normalized spacial score (nSPS) is 42.4. The van der Waals surface area contributed by atoms with Crippen LogP contribution >= 0.6 is 0 Å². The lowest BCUT2D eigenvalue weighted by atomic mass is 9.77. The summed E-state index contributed by atoms with van der Waals surface area (Å²) in [5, 5.41) is 60.9. The molecule has 19 nitrogen and oxygen atoms in total. The maximum atomic E-state index is 14.5. The highest BCUT2D eigenvalue weighted by Crippen LogP contribution is 2.40. The molecule has 0 aromatic heterocycles. The number of nitrogens with two attached hydrogens (primary N) is 1. The number of esters is 3. The lowest BCUT2D eigenvalue weighted by Gasteiger charge is -2.48. The maximum absolute atomic E-state index is 14.5. The predicted octanol–water partition coefficient (Wildman–Crippen LogP) is 1.52. The SMILES string of the molecule is CCOC(=O)C(=CN1C[C@H](C)C[C@@](C)(O)[C@H](O[C@@H]2O[C@H](C)C[C@@H](N(C)N)[C@H]2O)[C@@H](C)[C@H](O[C@@H]2C[C@](C)(OC)[C@H](O)[C@@H](C)O2)[C@@H](C)C(=O)O[C@H](CC)[C@@](C)(O)[C@H](O)[C@H]1C)C(=O)OCC. The first-order valence-electron chi connectivity index (χ1n) is 22.4. The fourth-order valence-corrected chi connectivity index (χ4v) is 9.38. The lowest BCUT2D eigenvalue weighted by Crippen LogP contribution is -2.61. The van der Waals surface area contributed by atoms with Crippen LogP contribution in [0.15, 0.2) is 11.8 Å². The van der Waals surface area contributed by atoms with Crippen molar-refractivity contribution in [2.45, 2.75) is 199 Å². The van der Waals surface area contributed by atoms with E-state index in [9.17, 15) is 39.9 Å². The Hall–Kier alpha value is -2.53. The third-order valence-electron chi connectivity index (χ3n) is 13.1. The molecule has 3 saturated heterocycles. The lowest BCUT2D eigenvalue weighted by molar-refractivity contribution is -0.318. The van der Waals surface area contributed by atoms with E-state index in [-0.39, 0.29) is 39.0 Å². The Bertz CT molecular complexity index is 1510. The number of methoxy groups -OCH3 is 1. The van der Waals surface area contributed by atoms with Crippen LogP contribution in [-0.4, -0.2) is 178 Å². The molecule has 19 heteroatoms. The predicted molar refractivity (Wildman–Crippen MR) is 228 cm³/mol. The number of cyclic esters (lactones) is 1. The van der Waals surface area contributed by atoms with Crippen molar-refractivity contribution in [3.8, 4) is 0 Å². The Morgan fingerprint density at radius 2 is 1.51 bits per heavy atom. The standard InChI is InChI=1S/C44H79N3O16/c1-15-31-44(12,55)35(49)27(8)47(22-29(39(52)57-16-2)40(53)58-17-3)21-23(4)19-42(10,54)37(63-41-33(48)30(46(13)45)18-24(5)59-41)25(6)34(26(7)38(51)61-31)62-32-20-43(11,56-14)36(50)28(9)60-32/h22-28,30-37,41,48-50,54-55H,15-21,45H2,1-14H3/t23-,24-,25+,26-,27-,28-,30-,31-,32-,33-,34+,35-,36-,37-,41+,42-,43+,44-/m1/s1.